The molecule has 6 atom stereocenters. The summed E-state index contributed by atoms with van der Waals surface area (Å²) in [5.41, 5.74) is 3.34. The monoisotopic (exact) mass is 314 g/mol. The lowest BCUT2D eigenvalue weighted by Crippen LogP contribution is -2.46. The molecule has 0 bridgehead atoms. The van der Waals surface area contributed by atoms with Crippen LogP contribution in [0.5, 0.6) is 0 Å². The van der Waals surface area contributed by atoms with Gasteiger partial charge in [-0.25, -0.2) is 0 Å². The quantitative estimate of drug-likeness (QED) is 0.451. The number of halogens is 1. The molecule has 4 aliphatic rings. The van der Waals surface area contributed by atoms with Gasteiger partial charge >= 0.3 is 0 Å². The molecule has 2 saturated carbocycles. The van der Waals surface area contributed by atoms with E-state index < -0.39 is 0 Å². The number of carbonyl (C=O) groups is 1. The molecular formula is C21H27FO. The summed E-state index contributed by atoms with van der Waals surface area (Å²) in [7, 11) is 0. The van der Waals surface area contributed by atoms with Crippen LogP contribution in [-0.2, 0) is 4.79 Å². The van der Waals surface area contributed by atoms with Crippen LogP contribution in [0, 0.1) is 47.1 Å². The van der Waals surface area contributed by atoms with Gasteiger partial charge in [-0.3, -0.25) is 4.79 Å². The number of carbonyl (C=O) groups excluding carboxylic acids is 1. The minimum Gasteiger partial charge on any atom is -0.299 e. The number of ketones is 1. The Hall–Kier alpha value is -1.10. The fourth-order valence-corrected chi connectivity index (χ4v) is 6.76. The maximum Gasteiger partial charge on any atom is 0.137 e. The van der Waals surface area contributed by atoms with Crippen LogP contribution in [0.2, 0.25) is 0 Å². The van der Waals surface area contributed by atoms with E-state index in [1.165, 1.54) is 24.8 Å². The largest absolute Gasteiger partial charge is 0.299 e. The van der Waals surface area contributed by atoms with Crippen molar-refractivity contribution in [2.45, 2.75) is 65.2 Å². The summed E-state index contributed by atoms with van der Waals surface area (Å²) in [6.45, 7) is 4.76. The molecule has 2 heteroatoms. The van der Waals surface area contributed by atoms with Crippen molar-refractivity contribution in [2.75, 3.05) is 0 Å². The minimum atomic E-state index is 0.205. The van der Waals surface area contributed by atoms with Gasteiger partial charge in [-0.1, -0.05) is 30.9 Å². The van der Waals surface area contributed by atoms with Crippen LogP contribution in [0.3, 0.4) is 0 Å². The molecule has 0 heterocycles. The lowest BCUT2D eigenvalue weighted by molar-refractivity contribution is -0.119. The van der Waals surface area contributed by atoms with Gasteiger partial charge in [-0.15, -0.1) is 4.39 Å². The third kappa shape index (κ3) is 2.23. The predicted molar refractivity (Wildman–Crippen MR) is 89.1 cm³/mol. The van der Waals surface area contributed by atoms with E-state index in [1.54, 1.807) is 11.7 Å². The van der Waals surface area contributed by atoms with Gasteiger partial charge in [0, 0.05) is 18.8 Å². The fraction of sp³-hybridized carbons (Fsp3) is 0.762. The number of hydrogen-bond donors (Lipinski definition) is 0. The maximum absolute atomic E-state index is 12.6. The summed E-state index contributed by atoms with van der Waals surface area (Å²) in [6.07, 6.45) is 10.00. The lowest BCUT2D eigenvalue weighted by Gasteiger charge is -2.53. The highest BCUT2D eigenvalue weighted by molar-refractivity contribution is 5.82. The van der Waals surface area contributed by atoms with E-state index in [9.17, 15) is 9.18 Å². The molecule has 4 rings (SSSR count). The molecule has 124 valence electrons. The van der Waals surface area contributed by atoms with Crippen molar-refractivity contribution >= 4 is 5.78 Å². The van der Waals surface area contributed by atoms with Gasteiger partial charge < -0.3 is 0 Å². The Kier molecular flexibility index (Phi) is 3.67. The Morgan fingerprint density at radius 1 is 1.22 bits per heavy atom. The third-order valence-corrected chi connectivity index (χ3v) is 7.77. The zero-order valence-corrected chi connectivity index (χ0v) is 14.3. The van der Waals surface area contributed by atoms with E-state index in [1.807, 2.05) is 0 Å². The molecule has 0 unspecified atom stereocenters. The summed E-state index contributed by atoms with van der Waals surface area (Å²) in [6, 6.07) is 0. The van der Waals surface area contributed by atoms with Gasteiger partial charge in [0.25, 0.3) is 0 Å². The molecule has 0 aromatic carbocycles. The third-order valence-electron chi connectivity index (χ3n) is 7.77. The van der Waals surface area contributed by atoms with Crippen LogP contribution in [0.15, 0.2) is 11.1 Å². The molecule has 2 fully saturated rings. The van der Waals surface area contributed by atoms with Gasteiger partial charge in [0.15, 0.2) is 0 Å². The highest BCUT2D eigenvalue weighted by Gasteiger charge is 2.56. The molecule has 4 aliphatic carbocycles. The van der Waals surface area contributed by atoms with Crippen molar-refractivity contribution < 1.29 is 9.18 Å². The molecule has 0 saturated heterocycles. The Morgan fingerprint density at radius 3 is 2.83 bits per heavy atom. The molecule has 0 radical (unpaired) electrons. The van der Waals surface area contributed by atoms with Crippen molar-refractivity contribution in [1.82, 2.24) is 0 Å². The molecule has 0 aromatic heterocycles. The van der Waals surface area contributed by atoms with E-state index in [-0.39, 0.29) is 11.3 Å². The highest BCUT2D eigenvalue weighted by atomic mass is 19.1. The standard InChI is InChI=1S/C21H27FO/c1-13-11-14-12-16(23)4-5-17(14)18-7-9-21(2)15(8-10-22)3-6-19(21)20(13)18/h13,15,18-20H,3-7,9,11-12H2,1-2H3/t13-,15+,18-,19+,20-,21-/m1/s1. The second kappa shape index (κ2) is 5.47. The number of Topliss-reactive ketones (excluding diaryl/α,β-unsaturated/α-hetero) is 1. The molecule has 0 amide bonds. The van der Waals surface area contributed by atoms with Crippen LogP contribution < -0.4 is 0 Å². The first-order chi connectivity index (χ1) is 11.0. The van der Waals surface area contributed by atoms with Crippen LogP contribution in [0.4, 0.5) is 4.39 Å². The van der Waals surface area contributed by atoms with Crippen LogP contribution in [0.25, 0.3) is 0 Å². The van der Waals surface area contributed by atoms with Gasteiger partial charge in [0.1, 0.15) is 12.0 Å². The van der Waals surface area contributed by atoms with Crippen LogP contribution >= 0.6 is 0 Å². The summed E-state index contributed by atoms with van der Waals surface area (Å²) in [5.74, 6) is 6.33. The Balaban J connectivity index is 1.68. The molecule has 1 nitrogen and oxygen atoms in total. The van der Waals surface area contributed by atoms with E-state index in [4.69, 9.17) is 0 Å². The zero-order valence-electron chi connectivity index (χ0n) is 14.3. The molecule has 0 spiro atoms. The Labute approximate surface area is 139 Å². The van der Waals surface area contributed by atoms with E-state index >= 15 is 0 Å². The second-order valence-electron chi connectivity index (χ2n) is 8.73. The normalized spacial score (nSPS) is 45.7. The van der Waals surface area contributed by atoms with Crippen molar-refractivity contribution in [2.24, 2.45) is 35.0 Å². The average molecular weight is 314 g/mol. The Bertz CT molecular complexity index is 621. The first-order valence-corrected chi connectivity index (χ1v) is 9.38. The predicted octanol–water partition coefficient (Wildman–Crippen LogP) is 5.06. The number of allylic oxidation sites excluding steroid dienone is 2. The van der Waals surface area contributed by atoms with Gasteiger partial charge in [0.05, 0.1) is 0 Å². The number of hydrogen-bond acceptors (Lipinski definition) is 1. The molecule has 0 aliphatic heterocycles. The molecule has 0 aromatic rings. The smallest absolute Gasteiger partial charge is 0.137 e. The van der Waals surface area contributed by atoms with Crippen molar-refractivity contribution in [3.05, 3.63) is 11.1 Å². The number of rotatable bonds is 0. The molecular weight excluding hydrogens is 287 g/mol. The topological polar surface area (TPSA) is 17.1 Å². The minimum absolute atomic E-state index is 0.205. The fourth-order valence-electron chi connectivity index (χ4n) is 6.76. The van der Waals surface area contributed by atoms with Gasteiger partial charge in [-0.2, -0.15) is 0 Å². The summed E-state index contributed by atoms with van der Waals surface area (Å²) in [5, 5.41) is 0. The van der Waals surface area contributed by atoms with Crippen molar-refractivity contribution in [3.8, 4) is 12.1 Å². The zero-order chi connectivity index (χ0) is 16.2. The van der Waals surface area contributed by atoms with Crippen molar-refractivity contribution in [1.29, 1.82) is 0 Å². The van der Waals surface area contributed by atoms with E-state index in [0.29, 0.717) is 23.5 Å². The first kappa shape index (κ1) is 15.4. The SMILES string of the molecule is C[C@@H]1CC2=C(CCC(=O)C2)[C@H]2CC[C@]3(C)[C@H](C#CF)CC[C@H]3[C@H]12. The summed E-state index contributed by atoms with van der Waals surface area (Å²) >= 11 is 0. The van der Waals surface area contributed by atoms with Crippen LogP contribution in [0.1, 0.15) is 65.2 Å². The van der Waals surface area contributed by atoms with Gasteiger partial charge in [0.2, 0.25) is 0 Å². The lowest BCUT2D eigenvalue weighted by atomic mass is 9.51. The first-order valence-electron chi connectivity index (χ1n) is 9.38. The van der Waals surface area contributed by atoms with E-state index in [2.05, 4.69) is 19.8 Å². The maximum atomic E-state index is 12.6. The average Bonchev–Trinajstić information content (AvgIpc) is 2.84. The highest BCUT2D eigenvalue weighted by Crippen LogP contribution is 2.64. The second-order valence-corrected chi connectivity index (χ2v) is 8.73. The van der Waals surface area contributed by atoms with Crippen LogP contribution in [-0.4, -0.2) is 5.78 Å². The van der Waals surface area contributed by atoms with Crippen molar-refractivity contribution in [3.63, 3.8) is 0 Å². The van der Waals surface area contributed by atoms with Gasteiger partial charge in [-0.05, 0) is 67.6 Å². The molecule has 0 N–H and O–H groups in total. The Morgan fingerprint density at radius 2 is 2.04 bits per heavy atom. The summed E-state index contributed by atoms with van der Waals surface area (Å²) in [4.78, 5) is 11.8. The summed E-state index contributed by atoms with van der Waals surface area (Å²) < 4.78 is 12.6. The molecule has 23 heavy (non-hydrogen) atoms. The van der Waals surface area contributed by atoms with E-state index in [0.717, 1.165) is 38.0 Å². The number of fused-ring (bicyclic) bond motifs is 4.